The Morgan fingerprint density at radius 2 is 1.84 bits per heavy atom. The minimum absolute atomic E-state index is 0.301. The third kappa shape index (κ3) is 4.29. The fourth-order valence-electron chi connectivity index (χ4n) is 1.70. The molecule has 102 valence electrons. The number of rotatable bonds is 3. The summed E-state index contributed by atoms with van der Waals surface area (Å²) >= 11 is 7.58. The molecule has 2 nitrogen and oxygen atoms in total. The van der Waals surface area contributed by atoms with E-state index >= 15 is 0 Å². The van der Waals surface area contributed by atoms with Gasteiger partial charge in [0.2, 0.25) is 0 Å². The van der Waals surface area contributed by atoms with Gasteiger partial charge in [0.05, 0.1) is 17.3 Å². The number of esters is 1. The molecule has 5 heteroatoms. The van der Waals surface area contributed by atoms with E-state index in [-0.39, 0.29) is 5.97 Å². The molecule has 0 aliphatic carbocycles. The van der Waals surface area contributed by atoms with Gasteiger partial charge in [-0.3, -0.25) is 0 Å². The smallest absolute Gasteiger partial charge is 0.337 e. The number of thioether (sulfide) groups is 2. The van der Waals surface area contributed by atoms with Crippen molar-refractivity contribution < 1.29 is 9.53 Å². The lowest BCUT2D eigenvalue weighted by molar-refractivity contribution is 0.0601. The van der Waals surface area contributed by atoms with E-state index in [0.29, 0.717) is 10.1 Å². The number of benzene rings is 1. The van der Waals surface area contributed by atoms with Crippen molar-refractivity contribution in [2.24, 2.45) is 0 Å². The lowest BCUT2D eigenvalue weighted by Crippen LogP contribution is -2.03. The van der Waals surface area contributed by atoms with Crippen molar-refractivity contribution in [3.05, 3.63) is 41.5 Å². The van der Waals surface area contributed by atoms with Crippen LogP contribution in [0.2, 0.25) is 0 Å². The normalized spacial score (nSPS) is 17.3. The number of hydrogen-bond donors (Lipinski definition) is 0. The van der Waals surface area contributed by atoms with Crippen molar-refractivity contribution in [3.8, 4) is 0 Å². The second-order valence-electron chi connectivity index (χ2n) is 4.05. The Morgan fingerprint density at radius 1 is 1.26 bits per heavy atom. The molecule has 0 amide bonds. The van der Waals surface area contributed by atoms with Crippen LogP contribution in [-0.2, 0) is 4.74 Å². The van der Waals surface area contributed by atoms with Gasteiger partial charge in [0.25, 0.3) is 0 Å². The first kappa shape index (κ1) is 15.0. The monoisotopic (exact) mass is 358 g/mol. The topological polar surface area (TPSA) is 26.3 Å². The second kappa shape index (κ2) is 7.41. The molecule has 1 heterocycles. The molecule has 1 aliphatic rings. The van der Waals surface area contributed by atoms with Gasteiger partial charge in [-0.15, -0.1) is 23.5 Å². The number of halogens is 1. The maximum Gasteiger partial charge on any atom is 0.337 e. The highest BCUT2D eigenvalue weighted by atomic mass is 79.9. The Kier molecular flexibility index (Phi) is 5.85. The molecule has 1 aromatic rings. The molecule has 0 spiro atoms. The number of methoxy groups -OCH3 is 1. The van der Waals surface area contributed by atoms with Gasteiger partial charge < -0.3 is 4.74 Å². The Bertz CT molecular complexity index is 465. The van der Waals surface area contributed by atoms with E-state index in [2.05, 4.69) is 26.7 Å². The predicted octanol–water partition coefficient (Wildman–Crippen LogP) is 4.41. The van der Waals surface area contributed by atoms with Gasteiger partial charge in [-0.1, -0.05) is 28.1 Å². The Morgan fingerprint density at radius 3 is 2.42 bits per heavy atom. The molecule has 0 N–H and O–H groups in total. The SMILES string of the molecule is COC(=O)c1ccc(/C(Br)=C/C2SCCCS2)cc1. The first-order valence-corrected chi connectivity index (χ1v) is 8.89. The summed E-state index contributed by atoms with van der Waals surface area (Å²) in [4.78, 5) is 11.4. The summed E-state index contributed by atoms with van der Waals surface area (Å²) in [5.41, 5.74) is 1.66. The largest absolute Gasteiger partial charge is 0.465 e. The van der Waals surface area contributed by atoms with Crippen LogP contribution in [0.3, 0.4) is 0 Å². The van der Waals surface area contributed by atoms with Crippen molar-refractivity contribution in [1.29, 1.82) is 0 Å². The molecule has 0 aromatic heterocycles. The van der Waals surface area contributed by atoms with E-state index in [9.17, 15) is 4.79 Å². The van der Waals surface area contributed by atoms with Gasteiger partial charge in [0.1, 0.15) is 0 Å². The first-order chi connectivity index (χ1) is 9.20. The fourth-order valence-corrected chi connectivity index (χ4v) is 5.28. The van der Waals surface area contributed by atoms with Gasteiger partial charge >= 0.3 is 5.97 Å². The van der Waals surface area contributed by atoms with Crippen molar-refractivity contribution in [2.45, 2.75) is 11.0 Å². The minimum Gasteiger partial charge on any atom is -0.465 e. The number of ether oxygens (including phenoxy) is 1. The zero-order chi connectivity index (χ0) is 13.7. The summed E-state index contributed by atoms with van der Waals surface area (Å²) in [6.45, 7) is 0. The fraction of sp³-hybridized carbons (Fsp3) is 0.357. The maximum atomic E-state index is 11.4. The van der Waals surface area contributed by atoms with E-state index in [1.165, 1.54) is 25.0 Å². The zero-order valence-electron chi connectivity index (χ0n) is 10.6. The highest BCUT2D eigenvalue weighted by molar-refractivity contribution is 9.15. The van der Waals surface area contributed by atoms with Crippen LogP contribution in [-0.4, -0.2) is 29.2 Å². The number of carbonyl (C=O) groups excluding carboxylic acids is 1. The van der Waals surface area contributed by atoms with Gasteiger partial charge in [-0.05, 0) is 41.7 Å². The molecule has 1 aliphatic heterocycles. The van der Waals surface area contributed by atoms with Gasteiger partial charge in [0, 0.05) is 4.48 Å². The van der Waals surface area contributed by atoms with Crippen molar-refractivity contribution in [1.82, 2.24) is 0 Å². The quantitative estimate of drug-likeness (QED) is 0.747. The summed E-state index contributed by atoms with van der Waals surface area (Å²) in [7, 11) is 1.39. The molecule has 0 unspecified atom stereocenters. The van der Waals surface area contributed by atoms with Crippen LogP contribution in [0.25, 0.3) is 4.48 Å². The van der Waals surface area contributed by atoms with Crippen LogP contribution in [0.4, 0.5) is 0 Å². The van der Waals surface area contributed by atoms with E-state index in [4.69, 9.17) is 0 Å². The minimum atomic E-state index is -0.301. The van der Waals surface area contributed by atoms with Crippen LogP contribution in [0.5, 0.6) is 0 Å². The third-order valence-electron chi connectivity index (χ3n) is 2.72. The summed E-state index contributed by atoms with van der Waals surface area (Å²) < 4.78 is 6.28. The van der Waals surface area contributed by atoms with Crippen molar-refractivity contribution >= 4 is 49.9 Å². The van der Waals surface area contributed by atoms with Gasteiger partial charge in [0.15, 0.2) is 0 Å². The van der Waals surface area contributed by atoms with Gasteiger partial charge in [-0.2, -0.15) is 0 Å². The molecular weight excluding hydrogens is 344 g/mol. The first-order valence-electron chi connectivity index (χ1n) is 6.00. The lowest BCUT2D eigenvalue weighted by Gasteiger charge is -2.18. The molecule has 0 bridgehead atoms. The zero-order valence-corrected chi connectivity index (χ0v) is 13.8. The Labute approximate surface area is 130 Å². The van der Waals surface area contributed by atoms with Crippen molar-refractivity contribution in [3.63, 3.8) is 0 Å². The summed E-state index contributed by atoms with van der Waals surface area (Å²) in [5.74, 6) is 2.16. The number of carbonyl (C=O) groups is 1. The molecule has 2 rings (SSSR count). The predicted molar refractivity (Wildman–Crippen MR) is 88.0 cm³/mol. The summed E-state index contributed by atoms with van der Waals surface area (Å²) in [5, 5.41) is 0. The highest BCUT2D eigenvalue weighted by Gasteiger charge is 2.13. The van der Waals surface area contributed by atoms with Crippen molar-refractivity contribution in [2.75, 3.05) is 18.6 Å². The van der Waals surface area contributed by atoms with E-state index < -0.39 is 0 Å². The van der Waals surface area contributed by atoms with Crippen LogP contribution in [0, 0.1) is 0 Å². The molecule has 0 saturated carbocycles. The van der Waals surface area contributed by atoms with E-state index in [0.717, 1.165) is 10.0 Å². The average molecular weight is 359 g/mol. The average Bonchev–Trinajstić information content (AvgIpc) is 2.47. The lowest BCUT2D eigenvalue weighted by atomic mass is 10.1. The maximum absolute atomic E-state index is 11.4. The molecule has 1 fully saturated rings. The highest BCUT2D eigenvalue weighted by Crippen LogP contribution is 2.35. The standard InChI is InChI=1S/C14H15BrO2S2/c1-17-14(16)11-5-3-10(4-6-11)12(15)9-13-18-7-2-8-19-13/h3-6,9,13H,2,7-8H2,1H3/b12-9-. The van der Waals surface area contributed by atoms with Crippen LogP contribution in [0.15, 0.2) is 30.3 Å². The third-order valence-corrected chi connectivity index (χ3v) is 6.23. The van der Waals surface area contributed by atoms with Gasteiger partial charge in [-0.25, -0.2) is 4.79 Å². The van der Waals surface area contributed by atoms with E-state index in [1.807, 2.05) is 35.7 Å². The van der Waals surface area contributed by atoms with Crippen LogP contribution < -0.4 is 0 Å². The summed E-state index contributed by atoms with van der Waals surface area (Å²) in [6, 6.07) is 7.45. The number of hydrogen-bond acceptors (Lipinski definition) is 4. The second-order valence-corrected chi connectivity index (χ2v) is 7.70. The Hall–Kier alpha value is -0.390. The molecule has 0 radical (unpaired) electrons. The molecule has 19 heavy (non-hydrogen) atoms. The molecular formula is C14H15BrO2S2. The summed E-state index contributed by atoms with van der Waals surface area (Å²) in [6.07, 6.45) is 3.53. The Balaban J connectivity index is 2.08. The van der Waals surface area contributed by atoms with Crippen LogP contribution in [0.1, 0.15) is 22.3 Å². The van der Waals surface area contributed by atoms with Crippen LogP contribution >= 0.6 is 39.5 Å². The molecule has 0 atom stereocenters. The molecule has 1 saturated heterocycles. The molecule has 1 aromatic carbocycles. The van der Waals surface area contributed by atoms with E-state index in [1.54, 1.807) is 12.1 Å².